The predicted molar refractivity (Wildman–Crippen MR) is 179 cm³/mol. The van der Waals surface area contributed by atoms with Crippen molar-refractivity contribution in [2.75, 3.05) is 7.05 Å². The largest absolute Gasteiger partial charge is 0.496 e. The molecule has 0 amide bonds. The van der Waals surface area contributed by atoms with Crippen molar-refractivity contribution in [3.8, 4) is 5.82 Å². The second-order valence-electron chi connectivity index (χ2n) is 12.9. The second kappa shape index (κ2) is 9.48. The molecule has 0 bridgehead atoms. The second-order valence-corrected chi connectivity index (χ2v) is 17.3. The van der Waals surface area contributed by atoms with E-state index in [1.807, 2.05) is 12.3 Å². The van der Waals surface area contributed by atoms with E-state index < -0.39 is 8.07 Å². The lowest BCUT2D eigenvalue weighted by atomic mass is 9.87. The molecule has 4 nitrogen and oxygen atoms in total. The molecule has 7 rings (SSSR count). The van der Waals surface area contributed by atoms with E-state index in [2.05, 4.69) is 158 Å². The molecule has 0 spiro atoms. The molecule has 2 aromatic heterocycles. The van der Waals surface area contributed by atoms with Gasteiger partial charge in [-0.1, -0.05) is 98.2 Å². The summed E-state index contributed by atoms with van der Waals surface area (Å²) in [5, 5.41) is 5.33. The average molecular weight is 565 g/mol. The van der Waals surface area contributed by atoms with Crippen LogP contribution < -0.4 is 14.9 Å². The van der Waals surface area contributed by atoms with Crippen LogP contribution in [0, 0.1) is 0 Å². The summed E-state index contributed by atoms with van der Waals surface area (Å²) in [5.74, 6) is 0.945. The summed E-state index contributed by atoms with van der Waals surface area (Å²) in [6, 6.07) is 41.2. The van der Waals surface area contributed by atoms with Gasteiger partial charge in [-0.25, -0.2) is 4.98 Å². The fourth-order valence-electron chi connectivity index (χ4n) is 6.18. The van der Waals surface area contributed by atoms with Crippen LogP contribution in [0.4, 0.5) is 17.1 Å². The summed E-state index contributed by atoms with van der Waals surface area (Å²) in [5.41, 5.74) is 7.24. The van der Waals surface area contributed by atoms with Gasteiger partial charge in [0.25, 0.3) is 11.4 Å². The minimum atomic E-state index is -2.15. The fraction of sp³-hybridized carbons (Fsp3) is 0.189. The van der Waals surface area contributed by atoms with E-state index in [-0.39, 0.29) is 5.41 Å². The standard InChI is InChI=1S/C37H36N4Si/c1-37(2,3)26-21-27(40-25-39(4)33-15-9-10-16-34(33)40)23-29(22-26)42(5,6)28-18-19-31-30-13-7-8-14-32(30)41(35(31)24-28)36-17-11-12-20-38-36/h7-24H,1-6H3/q+2. The lowest BCUT2D eigenvalue weighted by Gasteiger charge is -2.27. The first-order valence-electron chi connectivity index (χ1n) is 14.6. The van der Waals surface area contributed by atoms with Crippen molar-refractivity contribution in [1.82, 2.24) is 14.1 Å². The lowest BCUT2D eigenvalue weighted by Crippen LogP contribution is -2.53. The molecule has 0 atom stereocenters. The molecule has 0 aliphatic carbocycles. The molecule has 0 unspecified atom stereocenters. The van der Waals surface area contributed by atoms with Gasteiger partial charge in [0.05, 0.1) is 11.0 Å². The van der Waals surface area contributed by atoms with Gasteiger partial charge in [-0.3, -0.25) is 4.57 Å². The number of para-hydroxylation sites is 3. The highest BCUT2D eigenvalue weighted by molar-refractivity contribution is 7.00. The van der Waals surface area contributed by atoms with Crippen molar-refractivity contribution in [2.45, 2.75) is 39.3 Å². The molecule has 1 aliphatic rings. The number of fused-ring (bicyclic) bond motifs is 4. The van der Waals surface area contributed by atoms with Gasteiger partial charge in [0, 0.05) is 41.2 Å². The Kier molecular flexibility index (Phi) is 5.95. The average Bonchev–Trinajstić information content (AvgIpc) is 3.51. The molecule has 206 valence electrons. The third-order valence-electron chi connectivity index (χ3n) is 8.77. The van der Waals surface area contributed by atoms with E-state index in [1.54, 1.807) is 0 Å². The predicted octanol–water partition coefficient (Wildman–Crippen LogP) is 7.59. The highest BCUT2D eigenvalue weighted by atomic mass is 28.3. The first-order valence-corrected chi connectivity index (χ1v) is 17.6. The number of aromatic nitrogens is 2. The molecule has 0 saturated heterocycles. The number of pyridine rings is 1. The van der Waals surface area contributed by atoms with Crippen LogP contribution in [0.3, 0.4) is 0 Å². The number of nitrogens with zero attached hydrogens (tertiary/aromatic N) is 4. The maximum absolute atomic E-state index is 4.75. The van der Waals surface area contributed by atoms with Crippen LogP contribution in [0.1, 0.15) is 26.3 Å². The molecule has 5 heteroatoms. The van der Waals surface area contributed by atoms with E-state index in [1.165, 1.54) is 49.1 Å². The molecule has 0 N–H and O–H groups in total. The third kappa shape index (κ3) is 4.16. The van der Waals surface area contributed by atoms with Crippen molar-refractivity contribution >= 4 is 63.3 Å². The molecule has 4 aromatic carbocycles. The van der Waals surface area contributed by atoms with Gasteiger partial charge in [0.15, 0.2) is 7.05 Å². The van der Waals surface area contributed by atoms with Crippen molar-refractivity contribution in [2.24, 2.45) is 0 Å². The van der Waals surface area contributed by atoms with Crippen molar-refractivity contribution in [3.05, 3.63) is 115 Å². The van der Waals surface area contributed by atoms with E-state index >= 15 is 0 Å². The monoisotopic (exact) mass is 564 g/mol. The summed E-state index contributed by atoms with van der Waals surface area (Å²) < 4.78 is 6.63. The summed E-state index contributed by atoms with van der Waals surface area (Å²) in [6.07, 6.45) is 1.87. The normalized spacial score (nSPS) is 13.4. The Balaban J connectivity index is 1.44. The Morgan fingerprint density at radius 1 is 0.714 bits per heavy atom. The zero-order valence-corrected chi connectivity index (χ0v) is 26.2. The highest BCUT2D eigenvalue weighted by Crippen LogP contribution is 2.35. The van der Waals surface area contributed by atoms with Gasteiger partial charge in [0.2, 0.25) is 5.69 Å². The SMILES string of the molecule is C[N+]1=C=[N+](c2cc(C(C)(C)C)cc([Si](C)(C)c3ccc4c5ccccc5n(-c5ccccn5)c4c3)c2)c2ccccc21. The molecule has 42 heavy (non-hydrogen) atoms. The van der Waals surface area contributed by atoms with Crippen LogP contribution in [0.2, 0.25) is 13.1 Å². The summed E-state index contributed by atoms with van der Waals surface area (Å²) in [7, 11) is -0.0771. The van der Waals surface area contributed by atoms with E-state index in [0.29, 0.717) is 0 Å². The van der Waals surface area contributed by atoms with Crippen LogP contribution in [0.5, 0.6) is 0 Å². The Hall–Kier alpha value is -4.57. The Bertz CT molecular complexity index is 2090. The molecule has 6 aromatic rings. The lowest BCUT2D eigenvalue weighted by molar-refractivity contribution is -0.394. The smallest absolute Gasteiger partial charge is 0.294 e. The Morgan fingerprint density at radius 3 is 2.19 bits per heavy atom. The first-order chi connectivity index (χ1) is 20.1. The third-order valence-corrected chi connectivity index (χ3v) is 12.3. The quantitative estimate of drug-likeness (QED) is 0.160. The molecule has 1 aliphatic heterocycles. The fourth-order valence-corrected chi connectivity index (χ4v) is 8.54. The van der Waals surface area contributed by atoms with Crippen LogP contribution in [-0.4, -0.2) is 35.3 Å². The molecule has 0 fully saturated rings. The zero-order chi connectivity index (χ0) is 29.2. The summed E-state index contributed by atoms with van der Waals surface area (Å²) in [6.45, 7) is 11.9. The molecular formula is C37H36N4Si+2. The van der Waals surface area contributed by atoms with Crippen LogP contribution >= 0.6 is 0 Å². The van der Waals surface area contributed by atoms with Gasteiger partial charge in [-0.05, 0) is 45.0 Å². The summed E-state index contributed by atoms with van der Waals surface area (Å²) >= 11 is 0. The van der Waals surface area contributed by atoms with Crippen molar-refractivity contribution in [3.63, 3.8) is 0 Å². The summed E-state index contributed by atoms with van der Waals surface area (Å²) in [4.78, 5) is 4.75. The number of benzene rings is 4. The molecule has 3 heterocycles. The van der Waals surface area contributed by atoms with Gasteiger partial charge in [0.1, 0.15) is 13.9 Å². The van der Waals surface area contributed by atoms with Crippen molar-refractivity contribution in [1.29, 1.82) is 0 Å². The first kappa shape index (κ1) is 26.3. The molecule has 0 saturated carbocycles. The van der Waals surface area contributed by atoms with Crippen LogP contribution in [-0.2, 0) is 5.41 Å². The van der Waals surface area contributed by atoms with Crippen LogP contribution in [0.25, 0.3) is 27.6 Å². The maximum Gasteiger partial charge on any atom is 0.496 e. The Morgan fingerprint density at radius 2 is 1.43 bits per heavy atom. The minimum Gasteiger partial charge on any atom is -0.294 e. The van der Waals surface area contributed by atoms with Gasteiger partial charge in [-0.15, -0.1) is 0 Å². The molecular weight excluding hydrogens is 529 g/mol. The van der Waals surface area contributed by atoms with Gasteiger partial charge >= 0.3 is 6.01 Å². The van der Waals surface area contributed by atoms with Crippen molar-refractivity contribution < 1.29 is 4.58 Å². The van der Waals surface area contributed by atoms with Crippen LogP contribution in [0.15, 0.2) is 109 Å². The zero-order valence-electron chi connectivity index (χ0n) is 25.2. The number of rotatable bonds is 4. The Labute approximate surface area is 248 Å². The topological polar surface area (TPSA) is 23.8 Å². The minimum absolute atomic E-state index is 0.00966. The van der Waals surface area contributed by atoms with E-state index in [4.69, 9.17) is 4.98 Å². The maximum atomic E-state index is 4.75. The van der Waals surface area contributed by atoms with Gasteiger partial charge in [-0.2, -0.15) is 0 Å². The molecule has 0 radical (unpaired) electrons. The number of hydrogen-bond donors (Lipinski definition) is 0. The van der Waals surface area contributed by atoms with E-state index in [9.17, 15) is 0 Å². The highest BCUT2D eigenvalue weighted by Gasteiger charge is 2.36. The number of hydrogen-bond acceptors (Lipinski definition) is 1. The van der Waals surface area contributed by atoms with E-state index in [0.717, 1.165) is 11.5 Å². The van der Waals surface area contributed by atoms with Gasteiger partial charge < -0.3 is 0 Å².